The molecule has 0 aromatic carbocycles. The minimum atomic E-state index is -0.472. The zero-order chi connectivity index (χ0) is 13.7. The van der Waals surface area contributed by atoms with Crippen molar-refractivity contribution < 1.29 is 19.0 Å². The molecule has 0 spiro atoms. The third-order valence-electron chi connectivity index (χ3n) is 4.38. The van der Waals surface area contributed by atoms with E-state index in [2.05, 4.69) is 20.4 Å². The number of rotatable bonds is 4. The lowest BCUT2D eigenvalue weighted by molar-refractivity contribution is -0.122. The normalized spacial score (nSPS) is 39.3. The lowest BCUT2D eigenvalue weighted by Gasteiger charge is -2.33. The molecule has 3 aliphatic rings. The number of allylic oxidation sites excluding steroid dienone is 2. The van der Waals surface area contributed by atoms with E-state index in [1.54, 1.807) is 12.2 Å². The van der Waals surface area contributed by atoms with Crippen molar-refractivity contribution in [1.82, 2.24) is 0 Å². The van der Waals surface area contributed by atoms with E-state index in [1.165, 1.54) is 0 Å². The van der Waals surface area contributed by atoms with E-state index in [-0.39, 0.29) is 30.2 Å². The van der Waals surface area contributed by atoms with Crippen molar-refractivity contribution >= 4 is 5.78 Å². The third-order valence-corrected chi connectivity index (χ3v) is 4.38. The van der Waals surface area contributed by atoms with Crippen LogP contribution in [0.25, 0.3) is 0 Å². The second-order valence-electron chi connectivity index (χ2n) is 6.15. The van der Waals surface area contributed by atoms with Gasteiger partial charge in [0.2, 0.25) is 0 Å². The first-order chi connectivity index (χ1) is 8.97. The summed E-state index contributed by atoms with van der Waals surface area (Å²) in [7, 11) is 0. The topological polar surface area (TPSA) is 48.1 Å². The van der Waals surface area contributed by atoms with Gasteiger partial charge in [-0.1, -0.05) is 6.08 Å². The fourth-order valence-electron chi connectivity index (χ4n) is 3.05. The smallest absolute Gasteiger partial charge is 0.189 e. The minimum absolute atomic E-state index is 0.0511. The number of ketones is 1. The number of carbonyl (C=O) groups is 1. The largest absolute Gasteiger partial charge is 0.469 e. The van der Waals surface area contributed by atoms with Crippen molar-refractivity contribution in [2.45, 2.75) is 50.4 Å². The summed E-state index contributed by atoms with van der Waals surface area (Å²) in [6.07, 6.45) is 5.69. The Morgan fingerprint density at radius 3 is 2.89 bits per heavy atom. The summed E-state index contributed by atoms with van der Waals surface area (Å²) in [5.74, 6) is 0.751. The highest BCUT2D eigenvalue weighted by atomic mass is 16.7. The number of epoxide rings is 1. The Morgan fingerprint density at radius 1 is 1.53 bits per heavy atom. The number of fused-ring (bicyclic) bond motifs is 1. The quantitative estimate of drug-likeness (QED) is 0.577. The molecule has 0 radical (unpaired) electrons. The van der Waals surface area contributed by atoms with Gasteiger partial charge in [-0.05, 0) is 26.7 Å². The molecule has 2 fully saturated rings. The Morgan fingerprint density at radius 2 is 2.26 bits per heavy atom. The van der Waals surface area contributed by atoms with Crippen LogP contribution >= 0.6 is 0 Å². The molecule has 4 nitrogen and oxygen atoms in total. The van der Waals surface area contributed by atoms with Crippen LogP contribution in [0.15, 0.2) is 24.5 Å². The highest BCUT2D eigenvalue weighted by molar-refractivity contribution is 5.93. The van der Waals surface area contributed by atoms with Crippen LogP contribution in [0.5, 0.6) is 0 Å². The van der Waals surface area contributed by atoms with E-state index >= 15 is 0 Å². The van der Waals surface area contributed by atoms with E-state index in [4.69, 9.17) is 14.2 Å². The molecule has 4 heteroatoms. The molecule has 1 aliphatic carbocycles. The molecule has 3 atom stereocenters. The maximum absolute atomic E-state index is 12.0. The Balaban J connectivity index is 1.83. The molecule has 0 bridgehead atoms. The lowest BCUT2D eigenvalue weighted by atomic mass is 9.76. The Bertz CT molecular complexity index is 451. The summed E-state index contributed by atoms with van der Waals surface area (Å²) >= 11 is 0. The summed E-state index contributed by atoms with van der Waals surface area (Å²) in [6, 6.07) is 0. The molecule has 0 amide bonds. The van der Waals surface area contributed by atoms with Gasteiger partial charge in [0.25, 0.3) is 0 Å². The average molecular weight is 264 g/mol. The van der Waals surface area contributed by atoms with Crippen LogP contribution in [0.1, 0.15) is 33.1 Å². The second-order valence-corrected chi connectivity index (χ2v) is 6.15. The first-order valence-corrected chi connectivity index (χ1v) is 6.78. The summed E-state index contributed by atoms with van der Waals surface area (Å²) in [4.78, 5) is 12.0. The van der Waals surface area contributed by atoms with Gasteiger partial charge in [0.05, 0.1) is 11.7 Å². The molecule has 19 heavy (non-hydrogen) atoms. The van der Waals surface area contributed by atoms with Crippen LogP contribution in [-0.2, 0) is 19.0 Å². The zero-order valence-corrected chi connectivity index (χ0v) is 11.5. The van der Waals surface area contributed by atoms with Crippen molar-refractivity contribution in [3.8, 4) is 0 Å². The highest BCUT2D eigenvalue weighted by Crippen LogP contribution is 2.49. The first-order valence-electron chi connectivity index (χ1n) is 6.78. The van der Waals surface area contributed by atoms with Crippen molar-refractivity contribution in [2.75, 3.05) is 6.79 Å². The number of hydrogen-bond donors (Lipinski definition) is 0. The molecular weight excluding hydrogens is 244 g/mol. The lowest BCUT2D eigenvalue weighted by Crippen LogP contribution is -2.40. The molecule has 0 unspecified atom stereocenters. The maximum Gasteiger partial charge on any atom is 0.189 e. The fraction of sp³-hybridized carbons (Fsp3) is 0.667. The van der Waals surface area contributed by atoms with E-state index in [0.29, 0.717) is 18.6 Å². The van der Waals surface area contributed by atoms with Gasteiger partial charge in [-0.15, -0.1) is 6.58 Å². The summed E-state index contributed by atoms with van der Waals surface area (Å²) < 4.78 is 17.0. The fourth-order valence-corrected chi connectivity index (χ4v) is 3.05. The molecule has 0 aromatic rings. The standard InChI is InChI=1S/C15H20O4/c1-4-5-10-7-15(8-13-14(2,3)19-13)12(6-11(10)16)17-9-18-15/h4,6,10,13H,1,5,7-9H2,2-3H3/t10-,13-,15+/m0/s1. The van der Waals surface area contributed by atoms with Crippen LogP contribution in [0.2, 0.25) is 0 Å². The van der Waals surface area contributed by atoms with Crippen LogP contribution in [-0.4, -0.2) is 29.9 Å². The predicted molar refractivity (Wildman–Crippen MR) is 69.3 cm³/mol. The van der Waals surface area contributed by atoms with E-state index in [9.17, 15) is 4.79 Å². The molecule has 2 aliphatic heterocycles. The Hall–Kier alpha value is -1.13. The number of ether oxygens (including phenoxy) is 3. The van der Waals surface area contributed by atoms with Crippen molar-refractivity contribution in [1.29, 1.82) is 0 Å². The van der Waals surface area contributed by atoms with E-state index in [1.807, 2.05) is 0 Å². The van der Waals surface area contributed by atoms with Gasteiger partial charge in [0.15, 0.2) is 12.6 Å². The molecule has 3 rings (SSSR count). The Labute approximate surface area is 113 Å². The van der Waals surface area contributed by atoms with E-state index < -0.39 is 5.60 Å². The SMILES string of the molecule is C=CC[C@H]1C[C@]2(C[C@@H]3OC3(C)C)OCOC2=CC1=O. The van der Waals surface area contributed by atoms with Gasteiger partial charge in [0.1, 0.15) is 11.4 Å². The molecule has 2 saturated heterocycles. The number of carbonyl (C=O) groups excluding carboxylic acids is 1. The summed E-state index contributed by atoms with van der Waals surface area (Å²) in [5.41, 5.74) is -0.554. The minimum Gasteiger partial charge on any atom is -0.469 e. The molecule has 2 heterocycles. The van der Waals surface area contributed by atoms with Crippen molar-refractivity contribution in [2.24, 2.45) is 5.92 Å². The van der Waals surface area contributed by atoms with Crippen LogP contribution < -0.4 is 0 Å². The van der Waals surface area contributed by atoms with Gasteiger partial charge < -0.3 is 14.2 Å². The maximum atomic E-state index is 12.0. The molecule has 0 saturated carbocycles. The van der Waals surface area contributed by atoms with Gasteiger partial charge in [-0.3, -0.25) is 4.79 Å². The average Bonchev–Trinajstić information content (AvgIpc) is 2.74. The van der Waals surface area contributed by atoms with Crippen molar-refractivity contribution in [3.63, 3.8) is 0 Å². The van der Waals surface area contributed by atoms with Gasteiger partial charge in [-0.25, -0.2) is 0 Å². The van der Waals surface area contributed by atoms with Crippen LogP contribution in [0.4, 0.5) is 0 Å². The molecule has 104 valence electrons. The monoisotopic (exact) mass is 264 g/mol. The zero-order valence-electron chi connectivity index (χ0n) is 11.5. The predicted octanol–water partition coefficient (Wildman–Crippen LogP) is 2.35. The summed E-state index contributed by atoms with van der Waals surface area (Å²) in [6.45, 7) is 8.10. The highest BCUT2D eigenvalue weighted by Gasteiger charge is 2.57. The third kappa shape index (κ3) is 2.13. The van der Waals surface area contributed by atoms with Gasteiger partial charge in [0, 0.05) is 18.4 Å². The molecule has 0 aromatic heterocycles. The summed E-state index contributed by atoms with van der Waals surface area (Å²) in [5, 5.41) is 0. The first kappa shape index (κ1) is 12.9. The molecule has 0 N–H and O–H groups in total. The number of hydrogen-bond acceptors (Lipinski definition) is 4. The second kappa shape index (κ2) is 4.18. The van der Waals surface area contributed by atoms with Crippen LogP contribution in [0.3, 0.4) is 0 Å². The molecular formula is C15H20O4. The Kier molecular flexibility index (Phi) is 2.84. The van der Waals surface area contributed by atoms with Crippen LogP contribution in [0, 0.1) is 5.92 Å². The van der Waals surface area contributed by atoms with Gasteiger partial charge >= 0.3 is 0 Å². The van der Waals surface area contributed by atoms with Gasteiger partial charge in [-0.2, -0.15) is 0 Å². The van der Waals surface area contributed by atoms with Crippen molar-refractivity contribution in [3.05, 3.63) is 24.5 Å². The van der Waals surface area contributed by atoms with E-state index in [0.717, 1.165) is 6.42 Å².